The summed E-state index contributed by atoms with van der Waals surface area (Å²) in [6.07, 6.45) is -1.24. The molecule has 0 saturated carbocycles. The van der Waals surface area contributed by atoms with Crippen molar-refractivity contribution in [2.45, 2.75) is 12.1 Å². The van der Waals surface area contributed by atoms with Gasteiger partial charge in [0.25, 0.3) is 5.91 Å². The van der Waals surface area contributed by atoms with Crippen LogP contribution in [0.4, 0.5) is 0 Å². The van der Waals surface area contributed by atoms with E-state index in [0.717, 1.165) is 0 Å². The summed E-state index contributed by atoms with van der Waals surface area (Å²) in [6, 6.07) is 8.72. The van der Waals surface area contributed by atoms with Crippen molar-refractivity contribution < 1.29 is 24.2 Å². The SMILES string of the molecule is COC(=O)C(NC(=O)c1cccs1)C(O)c1ccc(OC)cc1. The van der Waals surface area contributed by atoms with E-state index in [2.05, 4.69) is 10.1 Å². The number of esters is 1. The van der Waals surface area contributed by atoms with Gasteiger partial charge >= 0.3 is 5.97 Å². The predicted octanol–water partition coefficient (Wildman–Crippen LogP) is 1.76. The molecule has 2 unspecified atom stereocenters. The largest absolute Gasteiger partial charge is 0.497 e. The highest BCUT2D eigenvalue weighted by Gasteiger charge is 2.31. The smallest absolute Gasteiger partial charge is 0.331 e. The number of carbonyl (C=O) groups excluding carboxylic acids is 2. The maximum absolute atomic E-state index is 12.1. The van der Waals surface area contributed by atoms with Crippen LogP contribution in [0.15, 0.2) is 41.8 Å². The van der Waals surface area contributed by atoms with Crippen LogP contribution in [0, 0.1) is 0 Å². The van der Waals surface area contributed by atoms with Crippen molar-refractivity contribution in [2.24, 2.45) is 0 Å². The summed E-state index contributed by atoms with van der Waals surface area (Å²) in [5.41, 5.74) is 0.465. The van der Waals surface area contributed by atoms with Crippen molar-refractivity contribution >= 4 is 23.2 Å². The molecule has 0 aliphatic heterocycles. The Hall–Kier alpha value is -2.38. The topological polar surface area (TPSA) is 84.9 Å². The molecule has 7 heteroatoms. The van der Waals surface area contributed by atoms with Gasteiger partial charge in [-0.2, -0.15) is 0 Å². The number of hydrogen-bond acceptors (Lipinski definition) is 6. The molecule has 0 bridgehead atoms. The zero-order chi connectivity index (χ0) is 16.8. The predicted molar refractivity (Wildman–Crippen MR) is 85.5 cm³/mol. The summed E-state index contributed by atoms with van der Waals surface area (Å²) in [5.74, 6) is -0.542. The lowest BCUT2D eigenvalue weighted by molar-refractivity contribution is -0.146. The van der Waals surface area contributed by atoms with E-state index in [1.165, 1.54) is 25.6 Å². The Morgan fingerprint density at radius 3 is 2.39 bits per heavy atom. The van der Waals surface area contributed by atoms with Crippen LogP contribution < -0.4 is 10.1 Å². The zero-order valence-corrected chi connectivity index (χ0v) is 13.5. The number of rotatable bonds is 6. The second-order valence-corrected chi connectivity index (χ2v) is 5.62. The molecule has 6 nitrogen and oxygen atoms in total. The number of thiophene rings is 1. The third-order valence-electron chi connectivity index (χ3n) is 3.26. The van der Waals surface area contributed by atoms with Crippen LogP contribution in [-0.4, -0.2) is 37.2 Å². The van der Waals surface area contributed by atoms with Crippen LogP contribution in [-0.2, 0) is 9.53 Å². The Bertz CT molecular complexity index is 654. The van der Waals surface area contributed by atoms with E-state index >= 15 is 0 Å². The first-order chi connectivity index (χ1) is 11.1. The molecule has 0 spiro atoms. The highest BCUT2D eigenvalue weighted by Crippen LogP contribution is 2.21. The lowest BCUT2D eigenvalue weighted by Crippen LogP contribution is -2.45. The quantitative estimate of drug-likeness (QED) is 0.786. The van der Waals surface area contributed by atoms with Gasteiger partial charge in [0.15, 0.2) is 6.04 Å². The molecular weight excluding hydrogens is 318 g/mol. The van der Waals surface area contributed by atoms with Crippen molar-refractivity contribution in [1.82, 2.24) is 5.32 Å². The minimum Gasteiger partial charge on any atom is -0.497 e. The monoisotopic (exact) mass is 335 g/mol. The first-order valence-electron chi connectivity index (χ1n) is 6.81. The second-order valence-electron chi connectivity index (χ2n) is 4.67. The Kier molecular flexibility index (Phi) is 5.72. The van der Waals surface area contributed by atoms with E-state index in [4.69, 9.17) is 4.74 Å². The van der Waals surface area contributed by atoms with Gasteiger partial charge in [-0.15, -0.1) is 11.3 Å². The standard InChI is InChI=1S/C16H17NO5S/c1-21-11-7-5-10(6-8-11)14(18)13(16(20)22-2)17-15(19)12-4-3-9-23-12/h3-9,13-14,18H,1-2H3,(H,17,19). The van der Waals surface area contributed by atoms with Gasteiger partial charge in [-0.3, -0.25) is 4.79 Å². The third-order valence-corrected chi connectivity index (χ3v) is 4.13. The van der Waals surface area contributed by atoms with Crippen molar-refractivity contribution in [2.75, 3.05) is 14.2 Å². The van der Waals surface area contributed by atoms with Gasteiger partial charge in [-0.25, -0.2) is 4.79 Å². The molecule has 0 fully saturated rings. The average Bonchev–Trinajstić information content (AvgIpc) is 3.13. The van der Waals surface area contributed by atoms with Crippen molar-refractivity contribution in [3.63, 3.8) is 0 Å². The number of carbonyl (C=O) groups is 2. The molecule has 0 saturated heterocycles. The summed E-state index contributed by atoms with van der Waals surface area (Å²) in [5, 5.41) is 14.7. The molecular formula is C16H17NO5S. The fourth-order valence-corrected chi connectivity index (χ4v) is 2.63. The normalized spacial score (nSPS) is 13.0. The van der Waals surface area contributed by atoms with Crippen molar-refractivity contribution in [3.8, 4) is 5.75 Å². The molecule has 23 heavy (non-hydrogen) atoms. The van der Waals surface area contributed by atoms with Gasteiger partial charge < -0.3 is 19.9 Å². The van der Waals surface area contributed by atoms with E-state index in [-0.39, 0.29) is 0 Å². The molecule has 2 N–H and O–H groups in total. The summed E-state index contributed by atoms with van der Waals surface area (Å²) < 4.78 is 9.73. The molecule has 2 rings (SSSR count). The van der Waals surface area contributed by atoms with E-state index in [1.807, 2.05) is 0 Å². The van der Waals surface area contributed by atoms with Gasteiger partial charge in [0.2, 0.25) is 0 Å². The van der Waals surface area contributed by atoms with E-state index in [0.29, 0.717) is 16.2 Å². The number of methoxy groups -OCH3 is 2. The number of ether oxygens (including phenoxy) is 2. The van der Waals surface area contributed by atoms with Crippen LogP contribution in [0.5, 0.6) is 5.75 Å². The fraction of sp³-hybridized carbons (Fsp3) is 0.250. The number of benzene rings is 1. The van der Waals surface area contributed by atoms with Gasteiger partial charge in [-0.05, 0) is 29.1 Å². The van der Waals surface area contributed by atoms with Gasteiger partial charge in [0.05, 0.1) is 19.1 Å². The number of nitrogens with one attached hydrogen (secondary N) is 1. The first kappa shape index (κ1) is 17.0. The highest BCUT2D eigenvalue weighted by molar-refractivity contribution is 7.12. The lowest BCUT2D eigenvalue weighted by Gasteiger charge is -2.22. The Morgan fingerprint density at radius 1 is 1.17 bits per heavy atom. The molecule has 122 valence electrons. The van der Waals surface area contributed by atoms with Crippen LogP contribution >= 0.6 is 11.3 Å². The number of hydrogen-bond donors (Lipinski definition) is 2. The van der Waals surface area contributed by atoms with E-state index < -0.39 is 24.0 Å². The van der Waals surface area contributed by atoms with Crippen molar-refractivity contribution in [3.05, 3.63) is 52.2 Å². The van der Waals surface area contributed by atoms with Gasteiger partial charge in [0.1, 0.15) is 11.9 Å². The summed E-state index contributed by atoms with van der Waals surface area (Å²) in [6.45, 7) is 0. The van der Waals surface area contributed by atoms with E-state index in [9.17, 15) is 14.7 Å². The zero-order valence-electron chi connectivity index (χ0n) is 12.7. The Morgan fingerprint density at radius 2 is 1.87 bits per heavy atom. The first-order valence-corrected chi connectivity index (χ1v) is 7.69. The molecule has 1 aromatic carbocycles. The molecule has 0 aliphatic rings. The fourth-order valence-electron chi connectivity index (χ4n) is 2.01. The number of aliphatic hydroxyl groups excluding tert-OH is 1. The molecule has 2 aromatic rings. The van der Waals surface area contributed by atoms with Crippen molar-refractivity contribution in [1.29, 1.82) is 0 Å². The number of aliphatic hydroxyl groups is 1. The molecule has 1 aromatic heterocycles. The lowest BCUT2D eigenvalue weighted by atomic mass is 10.0. The second kappa shape index (κ2) is 7.75. The van der Waals surface area contributed by atoms with Crippen LogP contribution in [0.25, 0.3) is 0 Å². The molecule has 0 aliphatic carbocycles. The summed E-state index contributed by atoms with van der Waals surface area (Å²) in [4.78, 5) is 24.5. The van der Waals surface area contributed by atoms with E-state index in [1.54, 1.807) is 41.8 Å². The highest BCUT2D eigenvalue weighted by atomic mass is 32.1. The maximum atomic E-state index is 12.1. The van der Waals surface area contributed by atoms with Crippen LogP contribution in [0.1, 0.15) is 21.3 Å². The molecule has 1 heterocycles. The number of amides is 1. The maximum Gasteiger partial charge on any atom is 0.331 e. The van der Waals surface area contributed by atoms with Gasteiger partial charge in [0, 0.05) is 0 Å². The van der Waals surface area contributed by atoms with Crippen LogP contribution in [0.2, 0.25) is 0 Å². The minimum absolute atomic E-state index is 0.442. The van der Waals surface area contributed by atoms with Crippen LogP contribution in [0.3, 0.4) is 0 Å². The minimum atomic E-state index is -1.24. The molecule has 2 atom stereocenters. The Balaban J connectivity index is 2.19. The average molecular weight is 335 g/mol. The molecule has 1 amide bonds. The summed E-state index contributed by atoms with van der Waals surface area (Å²) in [7, 11) is 2.73. The summed E-state index contributed by atoms with van der Waals surface area (Å²) >= 11 is 1.24. The molecule has 0 radical (unpaired) electrons. The Labute approximate surface area is 137 Å². The van der Waals surface area contributed by atoms with Gasteiger partial charge in [-0.1, -0.05) is 18.2 Å². The third kappa shape index (κ3) is 4.08.